The van der Waals surface area contributed by atoms with E-state index in [-0.39, 0.29) is 13.2 Å². The molecular weight excluding hydrogens is 292 g/mol. The van der Waals surface area contributed by atoms with Crippen LogP contribution in [0.4, 0.5) is 0 Å². The van der Waals surface area contributed by atoms with Crippen LogP contribution in [0.3, 0.4) is 0 Å². The van der Waals surface area contributed by atoms with Gasteiger partial charge >= 0.3 is 0 Å². The highest BCUT2D eigenvalue weighted by atomic mass is 32.2. The van der Waals surface area contributed by atoms with Crippen LogP contribution >= 0.6 is 0 Å². The summed E-state index contributed by atoms with van der Waals surface area (Å²) in [5.41, 5.74) is -0.578. The van der Waals surface area contributed by atoms with Gasteiger partial charge in [-0.15, -0.1) is 0 Å². The number of aliphatic hydroxyl groups is 1. The third kappa shape index (κ3) is 3.96. The molecule has 2 aliphatic heterocycles. The molecule has 0 amide bonds. The van der Waals surface area contributed by atoms with E-state index >= 15 is 0 Å². The lowest BCUT2D eigenvalue weighted by atomic mass is 9.94. The van der Waals surface area contributed by atoms with Gasteiger partial charge in [-0.3, -0.25) is 0 Å². The van der Waals surface area contributed by atoms with Crippen LogP contribution in [0.1, 0.15) is 34.1 Å². The van der Waals surface area contributed by atoms with Gasteiger partial charge in [0.25, 0.3) is 10.2 Å². The molecule has 7 heteroatoms. The van der Waals surface area contributed by atoms with Crippen molar-refractivity contribution in [2.45, 2.75) is 45.8 Å². The number of hydrogen-bond donors (Lipinski definition) is 1. The minimum absolute atomic E-state index is 0.164. The molecule has 2 aliphatic rings. The molecule has 2 saturated heterocycles. The Balaban J connectivity index is 2.18. The Bertz CT molecular complexity index is 456. The van der Waals surface area contributed by atoms with Crippen molar-refractivity contribution in [2.24, 2.45) is 11.8 Å². The molecule has 0 aromatic rings. The first-order valence-corrected chi connectivity index (χ1v) is 9.07. The third-order valence-electron chi connectivity index (χ3n) is 4.14. The van der Waals surface area contributed by atoms with Crippen molar-refractivity contribution in [1.29, 1.82) is 0 Å². The van der Waals surface area contributed by atoms with Gasteiger partial charge in [0.15, 0.2) is 0 Å². The van der Waals surface area contributed by atoms with Crippen molar-refractivity contribution in [3.8, 4) is 0 Å². The number of nitrogens with zero attached hydrogens (tertiary/aromatic N) is 2. The summed E-state index contributed by atoms with van der Waals surface area (Å²) in [6.45, 7) is 9.45. The summed E-state index contributed by atoms with van der Waals surface area (Å²) in [5, 5.41) is 9.34. The van der Waals surface area contributed by atoms with Crippen LogP contribution in [0.5, 0.6) is 0 Å². The van der Waals surface area contributed by atoms with Crippen LogP contribution in [0.15, 0.2) is 0 Å². The van der Waals surface area contributed by atoms with Crippen LogP contribution < -0.4 is 0 Å². The topological polar surface area (TPSA) is 70.1 Å². The molecule has 3 unspecified atom stereocenters. The highest BCUT2D eigenvalue weighted by molar-refractivity contribution is 7.86. The first-order valence-electron chi connectivity index (χ1n) is 7.68. The highest BCUT2D eigenvalue weighted by Crippen LogP contribution is 2.28. The summed E-state index contributed by atoms with van der Waals surface area (Å²) in [6, 6.07) is 0. The van der Waals surface area contributed by atoms with Gasteiger partial charge in [-0.25, -0.2) is 0 Å². The van der Waals surface area contributed by atoms with Crippen molar-refractivity contribution >= 4 is 10.2 Å². The van der Waals surface area contributed by atoms with Gasteiger partial charge in [-0.2, -0.15) is 17.0 Å². The molecule has 2 fully saturated rings. The average molecular weight is 320 g/mol. The van der Waals surface area contributed by atoms with Crippen molar-refractivity contribution < 1.29 is 18.3 Å². The zero-order valence-electron chi connectivity index (χ0n) is 13.4. The quantitative estimate of drug-likeness (QED) is 0.830. The minimum Gasteiger partial charge on any atom is -0.394 e. The molecule has 0 aromatic carbocycles. The molecule has 0 bridgehead atoms. The fraction of sp³-hybridized carbons (Fsp3) is 1.00. The van der Waals surface area contributed by atoms with Crippen molar-refractivity contribution in [1.82, 2.24) is 8.61 Å². The Kier molecular flexibility index (Phi) is 5.00. The van der Waals surface area contributed by atoms with Gasteiger partial charge < -0.3 is 9.84 Å². The second-order valence-electron chi connectivity index (χ2n) is 7.25. The minimum atomic E-state index is -3.49. The molecule has 1 N–H and O–H groups in total. The number of piperidine rings is 1. The molecule has 2 heterocycles. The molecule has 21 heavy (non-hydrogen) atoms. The van der Waals surface area contributed by atoms with Gasteiger partial charge in [0, 0.05) is 26.2 Å². The maximum atomic E-state index is 12.9. The van der Waals surface area contributed by atoms with Gasteiger partial charge in [0.1, 0.15) is 0 Å². The zero-order valence-corrected chi connectivity index (χ0v) is 14.3. The first kappa shape index (κ1) is 17.1. The molecule has 0 aliphatic carbocycles. The summed E-state index contributed by atoms with van der Waals surface area (Å²) in [4.78, 5) is 0. The van der Waals surface area contributed by atoms with E-state index in [1.54, 1.807) is 4.31 Å². The lowest BCUT2D eigenvalue weighted by molar-refractivity contribution is -0.132. The molecule has 0 spiro atoms. The smallest absolute Gasteiger partial charge is 0.282 e. The first-order chi connectivity index (χ1) is 9.64. The largest absolute Gasteiger partial charge is 0.394 e. The fourth-order valence-electron chi connectivity index (χ4n) is 3.47. The monoisotopic (exact) mass is 320 g/mol. The molecule has 124 valence electrons. The summed E-state index contributed by atoms with van der Waals surface area (Å²) in [6.07, 6.45) is 0.614. The lowest BCUT2D eigenvalue weighted by Gasteiger charge is -2.44. The Hall–Kier alpha value is -0.210. The molecule has 3 atom stereocenters. The van der Waals surface area contributed by atoms with E-state index in [1.807, 2.05) is 13.8 Å². The number of aliphatic hydroxyl groups excluding tert-OH is 1. The van der Waals surface area contributed by atoms with E-state index in [0.717, 1.165) is 6.42 Å². The Morgan fingerprint density at radius 2 is 1.71 bits per heavy atom. The number of morpholine rings is 1. The summed E-state index contributed by atoms with van der Waals surface area (Å²) in [7, 11) is -3.49. The van der Waals surface area contributed by atoms with E-state index in [1.165, 1.54) is 4.31 Å². The fourth-order valence-corrected chi connectivity index (χ4v) is 5.51. The highest BCUT2D eigenvalue weighted by Gasteiger charge is 2.42. The second kappa shape index (κ2) is 6.12. The molecule has 6 nitrogen and oxygen atoms in total. The van der Waals surface area contributed by atoms with Crippen LogP contribution in [0.2, 0.25) is 0 Å². The zero-order chi connectivity index (χ0) is 15.8. The SMILES string of the molecule is CC1CC(C)CN(S(=O)(=O)N2CC(CO)OC(C)(C)C2)C1. The van der Waals surface area contributed by atoms with Crippen molar-refractivity contribution in [2.75, 3.05) is 32.8 Å². The van der Waals surface area contributed by atoms with Gasteiger partial charge in [-0.1, -0.05) is 13.8 Å². The lowest BCUT2D eigenvalue weighted by Crippen LogP contribution is -2.59. The Labute approximate surface area is 128 Å². The van der Waals surface area contributed by atoms with E-state index in [2.05, 4.69) is 13.8 Å². The normalized spacial score (nSPS) is 35.8. The predicted octanol–water partition coefficient (Wildman–Crippen LogP) is 0.681. The molecule has 2 rings (SSSR count). The molecule has 0 radical (unpaired) electrons. The Morgan fingerprint density at radius 3 is 2.24 bits per heavy atom. The standard InChI is InChI=1S/C14H28N2O4S/c1-11-5-12(2)7-15(6-11)21(18,19)16-8-13(9-17)20-14(3,4)10-16/h11-13,17H,5-10H2,1-4H3. The number of ether oxygens (including phenoxy) is 1. The molecule has 0 aromatic heterocycles. The Morgan fingerprint density at radius 1 is 1.14 bits per heavy atom. The van der Waals surface area contributed by atoms with Crippen LogP contribution in [0, 0.1) is 11.8 Å². The summed E-state index contributed by atoms with van der Waals surface area (Å²) < 4.78 is 34.6. The van der Waals surface area contributed by atoms with Gasteiger partial charge in [0.2, 0.25) is 0 Å². The van der Waals surface area contributed by atoms with E-state index in [9.17, 15) is 13.5 Å². The predicted molar refractivity (Wildman–Crippen MR) is 81.0 cm³/mol. The molecular formula is C14H28N2O4S. The molecule has 0 saturated carbocycles. The van der Waals surface area contributed by atoms with E-state index in [4.69, 9.17) is 4.74 Å². The average Bonchev–Trinajstić information content (AvgIpc) is 2.35. The maximum absolute atomic E-state index is 12.9. The maximum Gasteiger partial charge on any atom is 0.282 e. The van der Waals surface area contributed by atoms with Crippen molar-refractivity contribution in [3.63, 3.8) is 0 Å². The van der Waals surface area contributed by atoms with Crippen molar-refractivity contribution in [3.05, 3.63) is 0 Å². The van der Waals surface area contributed by atoms with Gasteiger partial charge in [-0.05, 0) is 32.1 Å². The third-order valence-corrected chi connectivity index (χ3v) is 6.02. The van der Waals surface area contributed by atoms with Crippen LogP contribution in [0.25, 0.3) is 0 Å². The van der Waals surface area contributed by atoms with Gasteiger partial charge in [0.05, 0.1) is 18.3 Å². The number of rotatable bonds is 3. The van der Waals surface area contributed by atoms with E-state index in [0.29, 0.717) is 31.5 Å². The van der Waals surface area contributed by atoms with Crippen LogP contribution in [-0.4, -0.2) is 66.6 Å². The summed E-state index contributed by atoms with van der Waals surface area (Å²) in [5.74, 6) is 0.762. The van der Waals surface area contributed by atoms with Crippen LogP contribution in [-0.2, 0) is 14.9 Å². The summed E-state index contributed by atoms with van der Waals surface area (Å²) >= 11 is 0. The number of hydrogen-bond acceptors (Lipinski definition) is 4. The second-order valence-corrected chi connectivity index (χ2v) is 9.17. The van der Waals surface area contributed by atoms with E-state index < -0.39 is 21.9 Å².